The summed E-state index contributed by atoms with van der Waals surface area (Å²) in [5, 5.41) is 8.93. The summed E-state index contributed by atoms with van der Waals surface area (Å²) in [6.45, 7) is 1.15. The summed E-state index contributed by atoms with van der Waals surface area (Å²) in [6.07, 6.45) is 0. The molecule has 0 aliphatic carbocycles. The maximum Gasteiger partial charge on any atom is 0.119 e. The highest BCUT2D eigenvalue weighted by Gasteiger charge is 1.97. The van der Waals surface area contributed by atoms with E-state index in [0.717, 1.165) is 22.4 Å². The van der Waals surface area contributed by atoms with Crippen LogP contribution >= 0.6 is 0 Å². The molecule has 0 bridgehead atoms. The summed E-state index contributed by atoms with van der Waals surface area (Å²) in [5.74, 6) is 0.801. The van der Waals surface area contributed by atoms with Gasteiger partial charge in [0.15, 0.2) is 0 Å². The molecule has 0 fully saturated rings. The van der Waals surface area contributed by atoms with Gasteiger partial charge in [0.25, 0.3) is 0 Å². The highest BCUT2D eigenvalue weighted by atomic mass is 16.5. The molecule has 0 saturated heterocycles. The van der Waals surface area contributed by atoms with Crippen LogP contribution in [0.4, 0.5) is 0 Å². The fraction of sp³-hybridized carbons (Fsp3) is 0.200. The first-order valence-corrected chi connectivity index (χ1v) is 5.92. The summed E-state index contributed by atoms with van der Waals surface area (Å²) in [6, 6.07) is 15.5. The summed E-state index contributed by atoms with van der Waals surface area (Å²) in [5.41, 5.74) is 8.65. The Morgan fingerprint density at radius 2 is 1.39 bits per heavy atom. The molecule has 3 N–H and O–H groups in total. The fourth-order valence-electron chi connectivity index (χ4n) is 1.63. The summed E-state index contributed by atoms with van der Waals surface area (Å²) < 4.78 is 5.65. The van der Waals surface area contributed by atoms with E-state index in [-0.39, 0.29) is 6.61 Å². The van der Waals surface area contributed by atoms with Crippen molar-refractivity contribution >= 4 is 0 Å². The van der Waals surface area contributed by atoms with Gasteiger partial charge >= 0.3 is 0 Å². The SMILES string of the molecule is NCc1ccc(COc2ccc(CO)cc2)cc1. The zero-order valence-electron chi connectivity index (χ0n) is 10.2. The second kappa shape index (κ2) is 6.19. The van der Waals surface area contributed by atoms with Crippen LogP contribution < -0.4 is 10.5 Å². The molecule has 0 saturated carbocycles. The number of hydrogen-bond acceptors (Lipinski definition) is 3. The van der Waals surface area contributed by atoms with Gasteiger partial charge in [0.1, 0.15) is 12.4 Å². The van der Waals surface area contributed by atoms with Gasteiger partial charge in [0.2, 0.25) is 0 Å². The monoisotopic (exact) mass is 243 g/mol. The van der Waals surface area contributed by atoms with Gasteiger partial charge in [-0.3, -0.25) is 0 Å². The Labute approximate surface area is 107 Å². The minimum absolute atomic E-state index is 0.0564. The minimum atomic E-state index is 0.0564. The molecular formula is C15H17NO2. The van der Waals surface area contributed by atoms with E-state index in [0.29, 0.717) is 13.2 Å². The minimum Gasteiger partial charge on any atom is -0.489 e. The smallest absolute Gasteiger partial charge is 0.119 e. The zero-order chi connectivity index (χ0) is 12.8. The second-order valence-corrected chi connectivity index (χ2v) is 4.11. The van der Waals surface area contributed by atoms with Crippen LogP contribution in [0.25, 0.3) is 0 Å². The Hall–Kier alpha value is -1.84. The van der Waals surface area contributed by atoms with Crippen molar-refractivity contribution in [2.75, 3.05) is 0 Å². The predicted octanol–water partition coefficient (Wildman–Crippen LogP) is 2.22. The molecule has 0 aliphatic heterocycles. The molecule has 3 nitrogen and oxygen atoms in total. The van der Waals surface area contributed by atoms with Crippen molar-refractivity contribution in [1.82, 2.24) is 0 Å². The topological polar surface area (TPSA) is 55.5 Å². The van der Waals surface area contributed by atoms with E-state index >= 15 is 0 Å². The molecule has 0 heterocycles. The van der Waals surface area contributed by atoms with E-state index in [4.69, 9.17) is 15.6 Å². The van der Waals surface area contributed by atoms with E-state index in [2.05, 4.69) is 0 Å². The average Bonchev–Trinajstić information content (AvgIpc) is 2.46. The Balaban J connectivity index is 1.93. The van der Waals surface area contributed by atoms with Gasteiger partial charge in [-0.1, -0.05) is 36.4 Å². The van der Waals surface area contributed by atoms with Crippen LogP contribution in [-0.4, -0.2) is 5.11 Å². The van der Waals surface area contributed by atoms with Crippen molar-refractivity contribution in [3.05, 3.63) is 65.2 Å². The maximum atomic E-state index is 8.93. The molecule has 3 heteroatoms. The molecule has 94 valence electrons. The van der Waals surface area contributed by atoms with Crippen molar-refractivity contribution in [3.8, 4) is 5.75 Å². The van der Waals surface area contributed by atoms with Gasteiger partial charge in [-0.2, -0.15) is 0 Å². The Morgan fingerprint density at radius 1 is 0.833 bits per heavy atom. The molecule has 2 rings (SSSR count). The quantitative estimate of drug-likeness (QED) is 0.846. The Morgan fingerprint density at radius 3 is 1.94 bits per heavy atom. The zero-order valence-corrected chi connectivity index (χ0v) is 10.2. The third-order valence-electron chi connectivity index (χ3n) is 2.77. The number of aliphatic hydroxyl groups is 1. The molecule has 2 aromatic rings. The lowest BCUT2D eigenvalue weighted by Crippen LogP contribution is -1.98. The van der Waals surface area contributed by atoms with Gasteiger partial charge < -0.3 is 15.6 Å². The second-order valence-electron chi connectivity index (χ2n) is 4.11. The van der Waals surface area contributed by atoms with Crippen LogP contribution in [0.2, 0.25) is 0 Å². The summed E-state index contributed by atoms with van der Waals surface area (Å²) >= 11 is 0. The van der Waals surface area contributed by atoms with Gasteiger partial charge in [-0.15, -0.1) is 0 Å². The molecule has 0 radical (unpaired) electrons. The van der Waals surface area contributed by atoms with Gasteiger partial charge in [-0.25, -0.2) is 0 Å². The van der Waals surface area contributed by atoms with Crippen LogP contribution in [0.1, 0.15) is 16.7 Å². The molecule has 0 unspecified atom stereocenters. The van der Waals surface area contributed by atoms with Crippen LogP contribution in [0.15, 0.2) is 48.5 Å². The van der Waals surface area contributed by atoms with E-state index in [1.807, 2.05) is 48.5 Å². The first-order chi connectivity index (χ1) is 8.81. The highest BCUT2D eigenvalue weighted by molar-refractivity contribution is 5.28. The Bertz CT molecular complexity index is 429. The van der Waals surface area contributed by atoms with Crippen molar-refractivity contribution in [2.45, 2.75) is 19.8 Å². The van der Waals surface area contributed by atoms with E-state index in [1.165, 1.54) is 0 Å². The lowest BCUT2D eigenvalue weighted by atomic mass is 10.1. The van der Waals surface area contributed by atoms with E-state index < -0.39 is 0 Å². The van der Waals surface area contributed by atoms with Crippen LogP contribution in [0, 0.1) is 0 Å². The molecule has 0 amide bonds. The van der Waals surface area contributed by atoms with Gasteiger partial charge in [-0.05, 0) is 28.8 Å². The number of ether oxygens (including phenoxy) is 1. The van der Waals surface area contributed by atoms with Crippen LogP contribution in [-0.2, 0) is 19.8 Å². The first-order valence-electron chi connectivity index (χ1n) is 5.92. The summed E-state index contributed by atoms with van der Waals surface area (Å²) in [4.78, 5) is 0. The molecule has 0 aromatic heterocycles. The molecule has 0 atom stereocenters. The third kappa shape index (κ3) is 3.32. The lowest BCUT2D eigenvalue weighted by molar-refractivity contribution is 0.280. The lowest BCUT2D eigenvalue weighted by Gasteiger charge is -2.07. The number of rotatable bonds is 5. The van der Waals surface area contributed by atoms with Crippen molar-refractivity contribution < 1.29 is 9.84 Å². The van der Waals surface area contributed by atoms with Gasteiger partial charge in [0.05, 0.1) is 6.61 Å². The Kier molecular flexibility index (Phi) is 4.34. The average molecular weight is 243 g/mol. The van der Waals surface area contributed by atoms with Crippen molar-refractivity contribution in [3.63, 3.8) is 0 Å². The fourth-order valence-corrected chi connectivity index (χ4v) is 1.63. The molecular weight excluding hydrogens is 226 g/mol. The third-order valence-corrected chi connectivity index (χ3v) is 2.77. The molecule has 0 aliphatic rings. The molecule has 0 spiro atoms. The van der Waals surface area contributed by atoms with Crippen molar-refractivity contribution in [1.29, 1.82) is 0 Å². The number of nitrogens with two attached hydrogens (primary N) is 1. The van der Waals surface area contributed by atoms with Gasteiger partial charge in [0, 0.05) is 6.54 Å². The van der Waals surface area contributed by atoms with Crippen LogP contribution in [0.3, 0.4) is 0 Å². The van der Waals surface area contributed by atoms with E-state index in [1.54, 1.807) is 0 Å². The molecule has 18 heavy (non-hydrogen) atoms. The summed E-state index contributed by atoms with van der Waals surface area (Å²) in [7, 11) is 0. The largest absolute Gasteiger partial charge is 0.489 e. The van der Waals surface area contributed by atoms with E-state index in [9.17, 15) is 0 Å². The number of hydrogen-bond donors (Lipinski definition) is 2. The molecule has 2 aromatic carbocycles. The first kappa shape index (κ1) is 12.6. The predicted molar refractivity (Wildman–Crippen MR) is 71.0 cm³/mol. The van der Waals surface area contributed by atoms with Crippen LogP contribution in [0.5, 0.6) is 5.75 Å². The highest BCUT2D eigenvalue weighted by Crippen LogP contribution is 2.14. The maximum absolute atomic E-state index is 8.93. The normalized spacial score (nSPS) is 10.3. The number of aliphatic hydroxyl groups excluding tert-OH is 1. The standard InChI is InChI=1S/C15H17NO2/c16-9-12-1-3-14(4-2-12)11-18-15-7-5-13(10-17)6-8-15/h1-8,17H,9-11,16H2. The number of benzene rings is 2. The van der Waals surface area contributed by atoms with Crippen molar-refractivity contribution in [2.24, 2.45) is 5.73 Å².